The van der Waals surface area contributed by atoms with E-state index in [2.05, 4.69) is 0 Å². The number of rotatable bonds is 10. The van der Waals surface area contributed by atoms with Crippen molar-refractivity contribution in [3.05, 3.63) is 35.6 Å². The summed E-state index contributed by atoms with van der Waals surface area (Å²) in [5, 5.41) is 0. The van der Waals surface area contributed by atoms with Crippen LogP contribution in [-0.2, 0) is 25.3 Å². The van der Waals surface area contributed by atoms with Crippen molar-refractivity contribution in [2.24, 2.45) is 0 Å². The predicted octanol–water partition coefficient (Wildman–Crippen LogP) is 3.77. The molecular weight excluding hydrogens is 402 g/mol. The third-order valence-corrected chi connectivity index (χ3v) is 5.77. The van der Waals surface area contributed by atoms with Crippen LogP contribution in [0.2, 0.25) is 0 Å². The zero-order chi connectivity index (χ0) is 21.5. The van der Waals surface area contributed by atoms with Gasteiger partial charge in [0.25, 0.3) is 0 Å². The van der Waals surface area contributed by atoms with Crippen molar-refractivity contribution < 1.29 is 36.0 Å². The maximum Gasteiger partial charge on any atom is 0.411 e. The van der Waals surface area contributed by atoms with Gasteiger partial charge in [-0.1, -0.05) is 32.0 Å². The first-order chi connectivity index (χ1) is 13.0. The molecule has 160 valence electrons. The van der Waals surface area contributed by atoms with Crippen LogP contribution in [-0.4, -0.2) is 52.4 Å². The molecule has 3 atom stereocenters. The largest absolute Gasteiger partial charge is 0.463 e. The van der Waals surface area contributed by atoms with E-state index in [0.717, 1.165) is 10.4 Å². The van der Waals surface area contributed by atoms with E-state index >= 15 is 0 Å². The fourth-order valence-electron chi connectivity index (χ4n) is 2.78. The summed E-state index contributed by atoms with van der Waals surface area (Å²) in [6.07, 6.45) is -4.32. The Morgan fingerprint density at radius 2 is 1.86 bits per heavy atom. The molecule has 1 aromatic rings. The van der Waals surface area contributed by atoms with Crippen molar-refractivity contribution in [2.75, 3.05) is 26.0 Å². The zero-order valence-electron chi connectivity index (χ0n) is 16.2. The van der Waals surface area contributed by atoms with Crippen molar-refractivity contribution in [1.82, 2.24) is 4.31 Å². The number of alkyl halides is 3. The fraction of sp³-hybridized carbons (Fsp3) is 0.611. The lowest BCUT2D eigenvalue weighted by atomic mass is 9.89. The van der Waals surface area contributed by atoms with Gasteiger partial charge in [-0.05, 0) is 25.0 Å². The third-order valence-electron chi connectivity index (χ3n) is 4.13. The first-order valence-corrected chi connectivity index (χ1v) is 10.0. The molecular formula is C18H25F4NO4S. The summed E-state index contributed by atoms with van der Waals surface area (Å²) in [4.78, 5) is 12.8. The number of carbonyl (C=O) groups is 1. The molecule has 0 aliphatic rings. The Kier molecular flexibility index (Phi) is 9.03. The van der Waals surface area contributed by atoms with Crippen LogP contribution >= 0.6 is 0 Å². The Morgan fingerprint density at radius 3 is 2.36 bits per heavy atom. The maximum atomic E-state index is 14.4. The summed E-state index contributed by atoms with van der Waals surface area (Å²) in [6, 6.07) is 5.35. The summed E-state index contributed by atoms with van der Waals surface area (Å²) in [5.41, 5.74) is -2.49. The van der Waals surface area contributed by atoms with E-state index in [9.17, 15) is 26.6 Å². The first-order valence-electron chi connectivity index (χ1n) is 8.75. The quantitative estimate of drug-likeness (QED) is 0.324. The zero-order valence-corrected chi connectivity index (χ0v) is 17.0. The predicted molar refractivity (Wildman–Crippen MR) is 97.2 cm³/mol. The van der Waals surface area contributed by atoms with Gasteiger partial charge in [-0.25, -0.2) is 13.4 Å². The standard InChI is InChI=1S/C18H25F4NO4S/c1-5-11-28(25)23(4)18(16(24)26-6-2,27-12-17(20,21)22)13(3)14-9-7-8-10-15(14)19/h7-10,13H,5-6,11-12H2,1-4H3/t13-,18+,28-/m1/s1. The third kappa shape index (κ3) is 5.74. The molecule has 0 N–H and O–H groups in total. The van der Waals surface area contributed by atoms with Crippen LogP contribution in [0.25, 0.3) is 0 Å². The molecule has 0 bridgehead atoms. The number of esters is 1. The van der Waals surface area contributed by atoms with E-state index < -0.39 is 47.2 Å². The molecule has 0 saturated heterocycles. The van der Waals surface area contributed by atoms with Crippen LogP contribution in [0.3, 0.4) is 0 Å². The Hall–Kier alpha value is -1.52. The molecule has 28 heavy (non-hydrogen) atoms. The summed E-state index contributed by atoms with van der Waals surface area (Å²) < 4.78 is 76.8. The summed E-state index contributed by atoms with van der Waals surface area (Å²) in [5.74, 6) is -3.06. The van der Waals surface area contributed by atoms with Crippen molar-refractivity contribution in [2.45, 2.75) is 45.0 Å². The van der Waals surface area contributed by atoms with Crippen molar-refractivity contribution in [3.63, 3.8) is 0 Å². The molecule has 1 rings (SSSR count). The SMILES string of the molecule is CCC[S@@](=O)N(C)[C@@](OCC(F)(F)F)(C(=O)OCC)[C@H](C)c1ccccc1F. The minimum absolute atomic E-state index is 0.0573. The molecule has 0 fully saturated rings. The summed E-state index contributed by atoms with van der Waals surface area (Å²) >= 11 is 0. The Labute approximate surface area is 164 Å². The van der Waals surface area contributed by atoms with Gasteiger partial charge < -0.3 is 9.47 Å². The number of likely N-dealkylation sites (N-methyl/N-ethyl adjacent to an activating group) is 1. The number of ether oxygens (including phenoxy) is 2. The highest BCUT2D eigenvalue weighted by molar-refractivity contribution is 7.82. The monoisotopic (exact) mass is 427 g/mol. The van der Waals surface area contributed by atoms with E-state index in [1.165, 1.54) is 39.1 Å². The molecule has 0 spiro atoms. The smallest absolute Gasteiger partial charge is 0.411 e. The maximum absolute atomic E-state index is 14.4. The van der Waals surface area contributed by atoms with Gasteiger partial charge in [0.1, 0.15) is 12.4 Å². The van der Waals surface area contributed by atoms with Gasteiger partial charge >= 0.3 is 12.1 Å². The average Bonchev–Trinajstić information content (AvgIpc) is 2.61. The molecule has 0 aromatic heterocycles. The van der Waals surface area contributed by atoms with Gasteiger partial charge in [0.15, 0.2) is 0 Å². The topological polar surface area (TPSA) is 55.8 Å². The van der Waals surface area contributed by atoms with Gasteiger partial charge in [0.05, 0.1) is 17.6 Å². The molecule has 10 heteroatoms. The molecule has 0 heterocycles. The number of nitrogens with zero attached hydrogens (tertiary/aromatic N) is 1. The van der Waals surface area contributed by atoms with E-state index in [0.29, 0.717) is 6.42 Å². The van der Waals surface area contributed by atoms with Crippen molar-refractivity contribution in [3.8, 4) is 0 Å². The molecule has 0 radical (unpaired) electrons. The minimum atomic E-state index is -4.76. The molecule has 5 nitrogen and oxygen atoms in total. The molecule has 0 unspecified atom stereocenters. The first kappa shape index (κ1) is 24.5. The number of halogens is 4. The van der Waals surface area contributed by atoms with Crippen LogP contribution in [0.4, 0.5) is 17.6 Å². The van der Waals surface area contributed by atoms with E-state index in [-0.39, 0.29) is 17.9 Å². The number of hydrogen-bond donors (Lipinski definition) is 0. The Bertz CT molecular complexity index is 686. The molecule has 1 aromatic carbocycles. The van der Waals surface area contributed by atoms with Crippen LogP contribution in [0.15, 0.2) is 24.3 Å². The van der Waals surface area contributed by atoms with Gasteiger partial charge in [0, 0.05) is 18.7 Å². The minimum Gasteiger partial charge on any atom is -0.463 e. The van der Waals surface area contributed by atoms with Gasteiger partial charge in [0.2, 0.25) is 5.72 Å². The molecule has 0 aliphatic heterocycles. The van der Waals surface area contributed by atoms with E-state index in [1.54, 1.807) is 6.92 Å². The molecule has 0 aliphatic carbocycles. The van der Waals surface area contributed by atoms with Crippen LogP contribution < -0.4 is 0 Å². The lowest BCUT2D eigenvalue weighted by Crippen LogP contribution is -2.60. The van der Waals surface area contributed by atoms with Crippen molar-refractivity contribution >= 4 is 17.0 Å². The Morgan fingerprint density at radius 1 is 1.25 bits per heavy atom. The highest BCUT2D eigenvalue weighted by Gasteiger charge is 2.54. The lowest BCUT2D eigenvalue weighted by Gasteiger charge is -2.42. The van der Waals surface area contributed by atoms with Crippen LogP contribution in [0, 0.1) is 5.82 Å². The molecule has 0 saturated carbocycles. The number of hydrogen-bond acceptors (Lipinski definition) is 4. The average molecular weight is 427 g/mol. The number of benzene rings is 1. The van der Waals surface area contributed by atoms with Crippen LogP contribution in [0.5, 0.6) is 0 Å². The van der Waals surface area contributed by atoms with Gasteiger partial charge in [-0.3, -0.25) is 0 Å². The lowest BCUT2D eigenvalue weighted by molar-refractivity contribution is -0.237. The number of carbonyl (C=O) groups excluding carboxylic acids is 1. The summed E-state index contributed by atoms with van der Waals surface area (Å²) in [7, 11) is -0.665. The second-order valence-electron chi connectivity index (χ2n) is 6.09. The van der Waals surface area contributed by atoms with Gasteiger partial charge in [-0.15, -0.1) is 0 Å². The second kappa shape index (κ2) is 10.3. The highest BCUT2D eigenvalue weighted by atomic mass is 32.2. The fourth-order valence-corrected chi connectivity index (χ4v) is 3.99. The second-order valence-corrected chi connectivity index (χ2v) is 7.69. The Balaban J connectivity index is 3.59. The van der Waals surface area contributed by atoms with E-state index in [1.807, 2.05) is 0 Å². The highest BCUT2D eigenvalue weighted by Crippen LogP contribution is 2.38. The normalized spacial score (nSPS) is 16.5. The van der Waals surface area contributed by atoms with Gasteiger partial charge in [-0.2, -0.15) is 17.5 Å². The molecule has 0 amide bonds. The summed E-state index contributed by atoms with van der Waals surface area (Å²) in [6.45, 7) is 2.61. The van der Waals surface area contributed by atoms with E-state index in [4.69, 9.17) is 9.47 Å². The van der Waals surface area contributed by atoms with Crippen molar-refractivity contribution in [1.29, 1.82) is 0 Å². The van der Waals surface area contributed by atoms with Crippen LogP contribution in [0.1, 0.15) is 38.7 Å².